The van der Waals surface area contributed by atoms with Crippen LogP contribution < -0.4 is 0 Å². The van der Waals surface area contributed by atoms with E-state index in [-0.39, 0.29) is 5.38 Å². The summed E-state index contributed by atoms with van der Waals surface area (Å²) in [5.41, 5.74) is 1.98. The van der Waals surface area contributed by atoms with Crippen molar-refractivity contribution in [3.05, 3.63) is 57.6 Å². The second kappa shape index (κ2) is 7.81. The SMILES string of the molecule is N=C(S/C=C/C1=CCC(Cl)C=C1)C1=CCC(Br)=CN=C1. The number of hydrogen-bond acceptors (Lipinski definition) is 3. The highest BCUT2D eigenvalue weighted by Gasteiger charge is 2.05. The largest absolute Gasteiger partial charge is 0.293 e. The first-order valence-electron chi connectivity index (χ1n) is 6.17. The van der Waals surface area contributed by atoms with E-state index in [1.54, 1.807) is 12.4 Å². The highest BCUT2D eigenvalue weighted by atomic mass is 79.9. The zero-order valence-electron chi connectivity index (χ0n) is 10.7. The molecule has 1 aliphatic carbocycles. The van der Waals surface area contributed by atoms with Gasteiger partial charge in [-0.2, -0.15) is 0 Å². The minimum absolute atomic E-state index is 0.108. The minimum Gasteiger partial charge on any atom is -0.293 e. The van der Waals surface area contributed by atoms with Gasteiger partial charge in [0.2, 0.25) is 0 Å². The van der Waals surface area contributed by atoms with Gasteiger partial charge in [-0.25, -0.2) is 0 Å². The third-order valence-electron chi connectivity index (χ3n) is 2.73. The molecule has 2 aliphatic rings. The van der Waals surface area contributed by atoms with Gasteiger partial charge in [0.1, 0.15) is 0 Å². The summed E-state index contributed by atoms with van der Waals surface area (Å²) in [6.07, 6.45) is 15.2. The smallest absolute Gasteiger partial charge is 0.0997 e. The first kappa shape index (κ1) is 15.5. The van der Waals surface area contributed by atoms with Crippen LogP contribution in [0.15, 0.2) is 62.6 Å². The summed E-state index contributed by atoms with van der Waals surface area (Å²) >= 11 is 10.8. The van der Waals surface area contributed by atoms with Crippen LogP contribution in [0.3, 0.4) is 0 Å². The van der Waals surface area contributed by atoms with E-state index in [1.165, 1.54) is 11.8 Å². The van der Waals surface area contributed by atoms with E-state index in [2.05, 4.69) is 27.0 Å². The molecule has 20 heavy (non-hydrogen) atoms. The van der Waals surface area contributed by atoms with Crippen molar-refractivity contribution in [3.63, 3.8) is 0 Å². The molecule has 0 fully saturated rings. The Morgan fingerprint density at radius 3 is 3.10 bits per heavy atom. The lowest BCUT2D eigenvalue weighted by Crippen LogP contribution is -1.97. The molecule has 0 saturated heterocycles. The zero-order valence-corrected chi connectivity index (χ0v) is 13.9. The molecule has 0 spiro atoms. The van der Waals surface area contributed by atoms with Gasteiger partial charge in [-0.1, -0.05) is 52.0 Å². The highest BCUT2D eigenvalue weighted by Crippen LogP contribution is 2.21. The van der Waals surface area contributed by atoms with E-state index in [9.17, 15) is 0 Å². The Morgan fingerprint density at radius 1 is 1.50 bits per heavy atom. The van der Waals surface area contributed by atoms with Gasteiger partial charge in [0, 0.05) is 22.5 Å². The number of thioether (sulfide) groups is 1. The molecule has 1 unspecified atom stereocenters. The van der Waals surface area contributed by atoms with E-state index in [0.29, 0.717) is 5.04 Å². The van der Waals surface area contributed by atoms with Crippen LogP contribution in [0.25, 0.3) is 0 Å². The van der Waals surface area contributed by atoms with Crippen LogP contribution in [0.5, 0.6) is 0 Å². The van der Waals surface area contributed by atoms with E-state index < -0.39 is 0 Å². The van der Waals surface area contributed by atoms with Crippen molar-refractivity contribution in [1.82, 2.24) is 0 Å². The third kappa shape index (κ3) is 4.93. The van der Waals surface area contributed by atoms with E-state index in [0.717, 1.165) is 28.5 Å². The number of allylic oxidation sites excluding steroid dienone is 7. The van der Waals surface area contributed by atoms with Crippen LogP contribution in [0.2, 0.25) is 0 Å². The molecule has 0 saturated carbocycles. The van der Waals surface area contributed by atoms with Gasteiger partial charge in [-0.05, 0) is 29.9 Å². The normalized spacial score (nSPS) is 22.3. The summed E-state index contributed by atoms with van der Waals surface area (Å²) in [4.78, 5) is 4.14. The van der Waals surface area contributed by atoms with Crippen molar-refractivity contribution in [2.24, 2.45) is 4.99 Å². The van der Waals surface area contributed by atoms with Gasteiger partial charge in [0.05, 0.1) is 10.4 Å². The number of halogens is 2. The molecular weight excluding hydrogens is 356 g/mol. The van der Waals surface area contributed by atoms with Crippen molar-refractivity contribution < 1.29 is 0 Å². The quantitative estimate of drug-likeness (QED) is 0.407. The molecule has 2 nitrogen and oxygen atoms in total. The van der Waals surface area contributed by atoms with Crippen LogP contribution in [0.4, 0.5) is 0 Å². The maximum Gasteiger partial charge on any atom is 0.0997 e. The summed E-state index contributed by atoms with van der Waals surface area (Å²) < 4.78 is 1.02. The summed E-state index contributed by atoms with van der Waals surface area (Å²) in [5, 5.41) is 10.6. The van der Waals surface area contributed by atoms with Crippen LogP contribution in [0, 0.1) is 5.41 Å². The Morgan fingerprint density at radius 2 is 2.35 bits per heavy atom. The fourth-order valence-corrected chi connectivity index (χ4v) is 2.72. The Hall–Kier alpha value is -0.840. The number of nitrogens with one attached hydrogen (secondary N) is 1. The lowest BCUT2D eigenvalue weighted by Gasteiger charge is -2.06. The molecule has 5 heteroatoms. The van der Waals surface area contributed by atoms with Crippen molar-refractivity contribution in [3.8, 4) is 0 Å². The van der Waals surface area contributed by atoms with Gasteiger partial charge < -0.3 is 0 Å². The molecule has 0 aromatic heterocycles. The number of rotatable bonds is 3. The summed E-state index contributed by atoms with van der Waals surface area (Å²) in [6, 6.07) is 0. The average molecular weight is 370 g/mol. The average Bonchev–Trinajstić information content (AvgIpc) is 2.66. The van der Waals surface area contributed by atoms with E-state index in [1.807, 2.05) is 29.7 Å². The van der Waals surface area contributed by atoms with Gasteiger partial charge in [0.15, 0.2) is 0 Å². The molecule has 0 amide bonds. The molecule has 1 aliphatic heterocycles. The molecule has 1 heterocycles. The number of nitrogens with zero attached hydrogens (tertiary/aromatic N) is 1. The predicted molar refractivity (Wildman–Crippen MR) is 94.1 cm³/mol. The molecule has 0 aromatic carbocycles. The molecule has 0 bridgehead atoms. The molecule has 0 radical (unpaired) electrons. The Balaban J connectivity index is 1.88. The van der Waals surface area contributed by atoms with E-state index in [4.69, 9.17) is 17.0 Å². The molecular formula is C15H14BrClN2S. The lowest BCUT2D eigenvalue weighted by atomic mass is 10.1. The molecule has 2 rings (SSSR count). The highest BCUT2D eigenvalue weighted by molar-refractivity contribution is 9.11. The standard InChI is InChI=1S/C15H14BrClN2S/c16-13-4-3-12(9-19-10-13)15(18)20-8-7-11-1-5-14(17)6-2-11/h1-3,5,7-10,14,18H,4,6H2/b8-7+,18-15?. The number of aliphatic imine (C=N–C) groups is 1. The topological polar surface area (TPSA) is 36.2 Å². The van der Waals surface area contributed by atoms with Gasteiger partial charge >= 0.3 is 0 Å². The summed E-state index contributed by atoms with van der Waals surface area (Å²) in [5.74, 6) is 0. The van der Waals surface area contributed by atoms with Gasteiger partial charge in [-0.15, -0.1) is 11.6 Å². The fourth-order valence-electron chi connectivity index (χ4n) is 1.65. The Bertz CT molecular complexity index is 570. The maximum atomic E-state index is 8.05. The summed E-state index contributed by atoms with van der Waals surface area (Å²) in [6.45, 7) is 0. The molecule has 0 aromatic rings. The number of hydrogen-bond donors (Lipinski definition) is 1. The second-order valence-electron chi connectivity index (χ2n) is 4.28. The monoisotopic (exact) mass is 368 g/mol. The predicted octanol–water partition coefficient (Wildman–Crippen LogP) is 5.34. The van der Waals surface area contributed by atoms with Crippen LogP contribution in [0.1, 0.15) is 12.8 Å². The molecule has 1 N–H and O–H groups in total. The van der Waals surface area contributed by atoms with Crippen molar-refractivity contribution >= 4 is 50.6 Å². The maximum absolute atomic E-state index is 8.05. The molecule has 1 atom stereocenters. The zero-order chi connectivity index (χ0) is 14.4. The van der Waals surface area contributed by atoms with Crippen molar-refractivity contribution in [2.45, 2.75) is 18.2 Å². The second-order valence-corrected chi connectivity index (χ2v) is 6.78. The summed E-state index contributed by atoms with van der Waals surface area (Å²) in [7, 11) is 0. The van der Waals surface area contributed by atoms with Gasteiger partial charge in [0.25, 0.3) is 0 Å². The third-order valence-corrected chi connectivity index (χ3v) is 4.33. The van der Waals surface area contributed by atoms with Crippen molar-refractivity contribution in [2.75, 3.05) is 0 Å². The van der Waals surface area contributed by atoms with E-state index >= 15 is 0 Å². The van der Waals surface area contributed by atoms with Crippen LogP contribution >= 0.6 is 39.3 Å². The Labute approximate surface area is 136 Å². The van der Waals surface area contributed by atoms with Crippen LogP contribution in [-0.2, 0) is 0 Å². The first-order valence-corrected chi connectivity index (χ1v) is 8.28. The first-order chi connectivity index (χ1) is 9.65. The van der Waals surface area contributed by atoms with Gasteiger partial charge in [-0.3, -0.25) is 10.4 Å². The lowest BCUT2D eigenvalue weighted by molar-refractivity contribution is 1.03. The molecule has 104 valence electrons. The fraction of sp³-hybridized carbons (Fsp3) is 0.200. The Kier molecular flexibility index (Phi) is 6.07. The van der Waals surface area contributed by atoms with Crippen LogP contribution in [-0.4, -0.2) is 16.6 Å². The number of alkyl halides is 1. The minimum atomic E-state index is 0.108. The van der Waals surface area contributed by atoms with Crippen molar-refractivity contribution in [1.29, 1.82) is 5.41 Å².